The topological polar surface area (TPSA) is 55.1 Å². The highest BCUT2D eigenvalue weighted by Crippen LogP contribution is 2.27. The Morgan fingerprint density at radius 3 is 2.71 bits per heavy atom. The minimum atomic E-state index is 0.0202. The van der Waals surface area contributed by atoms with Crippen molar-refractivity contribution in [1.29, 1.82) is 0 Å². The molecule has 1 amide bonds. The lowest BCUT2D eigenvalue weighted by atomic mass is 10.0. The second-order valence-electron chi connectivity index (χ2n) is 6.11. The fraction of sp³-hybridized carbons (Fsp3) is 0.471. The molecule has 0 fully saturated rings. The zero-order chi connectivity index (χ0) is 15.4. The molecule has 21 heavy (non-hydrogen) atoms. The number of nitrogens with two attached hydrogens (primary N) is 1. The summed E-state index contributed by atoms with van der Waals surface area (Å²) < 4.78 is 1.10. The molecule has 2 aromatic rings. The first kappa shape index (κ1) is 15.8. The molecule has 114 valence electrons. The van der Waals surface area contributed by atoms with Crippen LogP contribution in [0.25, 0.3) is 10.1 Å². The Balaban J connectivity index is 1.95. The molecule has 0 radical (unpaired) electrons. The highest BCUT2D eigenvalue weighted by molar-refractivity contribution is 7.20. The molecule has 3 N–H and O–H groups in total. The Bertz CT molecular complexity index is 618. The van der Waals surface area contributed by atoms with Crippen LogP contribution in [0.2, 0.25) is 0 Å². The molecule has 1 atom stereocenters. The maximum Gasteiger partial charge on any atom is 0.261 e. The van der Waals surface area contributed by atoms with Crippen LogP contribution < -0.4 is 11.1 Å². The van der Waals surface area contributed by atoms with Crippen LogP contribution in [0.3, 0.4) is 0 Å². The average molecular weight is 304 g/mol. The molecule has 1 aromatic carbocycles. The van der Waals surface area contributed by atoms with Gasteiger partial charge in [0.1, 0.15) is 0 Å². The van der Waals surface area contributed by atoms with Crippen LogP contribution in [0.5, 0.6) is 0 Å². The number of amides is 1. The fourth-order valence-corrected chi connectivity index (χ4v) is 3.32. The molecule has 3 nitrogen and oxygen atoms in total. The van der Waals surface area contributed by atoms with E-state index >= 15 is 0 Å². The van der Waals surface area contributed by atoms with Gasteiger partial charge in [-0.25, -0.2) is 0 Å². The summed E-state index contributed by atoms with van der Waals surface area (Å²) in [5.74, 6) is 0.743. The molecule has 1 aromatic heterocycles. The lowest BCUT2D eigenvalue weighted by Gasteiger charge is -2.13. The van der Waals surface area contributed by atoms with Crippen LogP contribution >= 0.6 is 11.3 Å². The smallest absolute Gasteiger partial charge is 0.261 e. The summed E-state index contributed by atoms with van der Waals surface area (Å²) in [5, 5.41) is 4.13. The number of hydrogen-bond acceptors (Lipinski definition) is 3. The van der Waals surface area contributed by atoms with Gasteiger partial charge in [0.05, 0.1) is 4.88 Å². The number of carbonyl (C=O) groups excluding carboxylic acids is 1. The lowest BCUT2D eigenvalue weighted by Crippen LogP contribution is -2.31. The van der Waals surface area contributed by atoms with Gasteiger partial charge in [-0.15, -0.1) is 11.3 Å². The second-order valence-corrected chi connectivity index (χ2v) is 7.19. The van der Waals surface area contributed by atoms with Gasteiger partial charge in [0, 0.05) is 16.4 Å². The molecule has 0 saturated carbocycles. The molecule has 0 aliphatic rings. The number of fused-ring (bicyclic) bond motifs is 1. The Hall–Kier alpha value is -1.55. The maximum absolute atomic E-state index is 12.3. The third kappa shape index (κ3) is 4.46. The van der Waals surface area contributed by atoms with Gasteiger partial charge in [-0.1, -0.05) is 26.7 Å². The largest absolute Gasteiger partial charge is 0.399 e. The van der Waals surface area contributed by atoms with Crippen LogP contribution in [-0.2, 0) is 0 Å². The summed E-state index contributed by atoms with van der Waals surface area (Å²) in [7, 11) is 0. The van der Waals surface area contributed by atoms with E-state index in [-0.39, 0.29) is 11.9 Å². The Morgan fingerprint density at radius 1 is 1.24 bits per heavy atom. The van der Waals surface area contributed by atoms with E-state index in [0.717, 1.165) is 39.4 Å². The van der Waals surface area contributed by atoms with E-state index in [9.17, 15) is 4.79 Å². The van der Waals surface area contributed by atoms with E-state index in [4.69, 9.17) is 5.73 Å². The lowest BCUT2D eigenvalue weighted by molar-refractivity contribution is 0.0942. The molecule has 2 rings (SSSR count). The summed E-state index contributed by atoms with van der Waals surface area (Å²) in [6, 6.07) is 7.89. The monoisotopic (exact) mass is 304 g/mol. The van der Waals surface area contributed by atoms with Gasteiger partial charge in [-0.3, -0.25) is 4.79 Å². The van der Waals surface area contributed by atoms with Gasteiger partial charge in [0.25, 0.3) is 5.91 Å². The van der Waals surface area contributed by atoms with Gasteiger partial charge in [-0.05, 0) is 48.9 Å². The minimum Gasteiger partial charge on any atom is -0.399 e. The van der Waals surface area contributed by atoms with Gasteiger partial charge in [-0.2, -0.15) is 0 Å². The van der Waals surface area contributed by atoms with Crippen LogP contribution in [0, 0.1) is 5.92 Å². The standard InChI is InChI=1S/C17H24N2OS/c1-11(2)5-4-6-12(3)19-17(20)16-10-13-9-14(18)7-8-15(13)21-16/h7-12H,4-6,18H2,1-3H3,(H,19,20). The van der Waals surface area contributed by atoms with E-state index in [2.05, 4.69) is 26.1 Å². The van der Waals surface area contributed by atoms with Crippen LogP contribution in [-0.4, -0.2) is 11.9 Å². The van der Waals surface area contributed by atoms with Crippen molar-refractivity contribution in [2.24, 2.45) is 5.92 Å². The quantitative estimate of drug-likeness (QED) is 0.776. The number of carbonyl (C=O) groups is 1. The number of anilines is 1. The van der Waals surface area contributed by atoms with E-state index in [0.29, 0.717) is 0 Å². The van der Waals surface area contributed by atoms with Gasteiger partial charge >= 0.3 is 0 Å². The van der Waals surface area contributed by atoms with Crippen molar-refractivity contribution < 1.29 is 4.79 Å². The number of benzene rings is 1. The fourth-order valence-electron chi connectivity index (χ4n) is 2.37. The third-order valence-electron chi connectivity index (χ3n) is 3.56. The summed E-state index contributed by atoms with van der Waals surface area (Å²) in [4.78, 5) is 13.0. The van der Waals surface area contributed by atoms with E-state index in [1.54, 1.807) is 0 Å². The van der Waals surface area contributed by atoms with Gasteiger partial charge in [0.2, 0.25) is 0 Å². The molecule has 1 heterocycles. The molecule has 0 aliphatic heterocycles. The van der Waals surface area contributed by atoms with Crippen molar-refractivity contribution in [2.75, 3.05) is 5.73 Å². The summed E-state index contributed by atoms with van der Waals surface area (Å²) in [6.07, 6.45) is 3.40. The number of hydrogen-bond donors (Lipinski definition) is 2. The first-order valence-electron chi connectivity index (χ1n) is 7.55. The van der Waals surface area contributed by atoms with E-state index in [1.807, 2.05) is 24.3 Å². The molecule has 0 aliphatic carbocycles. The summed E-state index contributed by atoms with van der Waals surface area (Å²) in [5.41, 5.74) is 6.50. The van der Waals surface area contributed by atoms with Crippen LogP contribution in [0.1, 0.15) is 49.7 Å². The number of nitrogens with one attached hydrogen (secondary N) is 1. The normalized spacial score (nSPS) is 12.8. The van der Waals surface area contributed by atoms with Crippen LogP contribution in [0.15, 0.2) is 24.3 Å². The van der Waals surface area contributed by atoms with Crippen molar-refractivity contribution in [2.45, 2.75) is 46.1 Å². The third-order valence-corrected chi connectivity index (χ3v) is 4.68. The molecule has 4 heteroatoms. The number of rotatable bonds is 6. The minimum absolute atomic E-state index is 0.0202. The van der Waals surface area contributed by atoms with Crippen LogP contribution in [0.4, 0.5) is 5.69 Å². The first-order chi connectivity index (χ1) is 9.95. The van der Waals surface area contributed by atoms with Crippen molar-refractivity contribution >= 4 is 33.0 Å². The van der Waals surface area contributed by atoms with Crippen molar-refractivity contribution in [3.63, 3.8) is 0 Å². The molecular formula is C17H24N2OS. The SMILES string of the molecule is CC(C)CCCC(C)NC(=O)c1cc2cc(N)ccc2s1. The van der Waals surface area contributed by atoms with E-state index in [1.165, 1.54) is 17.8 Å². The molecule has 1 unspecified atom stereocenters. The number of thiophene rings is 1. The van der Waals surface area contributed by atoms with Crippen molar-refractivity contribution in [3.05, 3.63) is 29.1 Å². The van der Waals surface area contributed by atoms with Gasteiger partial charge in [0.15, 0.2) is 0 Å². The Labute approximate surface area is 130 Å². The maximum atomic E-state index is 12.3. The van der Waals surface area contributed by atoms with Gasteiger partial charge < -0.3 is 11.1 Å². The Kier molecular flexibility index (Phi) is 5.23. The second kappa shape index (κ2) is 6.94. The number of nitrogen functional groups attached to an aromatic ring is 1. The average Bonchev–Trinajstić information content (AvgIpc) is 2.81. The summed E-state index contributed by atoms with van der Waals surface area (Å²) in [6.45, 7) is 6.53. The summed E-state index contributed by atoms with van der Waals surface area (Å²) >= 11 is 1.52. The predicted octanol–water partition coefficient (Wildman–Crippen LogP) is 4.43. The zero-order valence-corrected chi connectivity index (χ0v) is 13.8. The molecule has 0 saturated heterocycles. The van der Waals surface area contributed by atoms with Crippen molar-refractivity contribution in [1.82, 2.24) is 5.32 Å². The van der Waals surface area contributed by atoms with E-state index < -0.39 is 0 Å². The molecular weight excluding hydrogens is 280 g/mol. The molecule has 0 bridgehead atoms. The Morgan fingerprint density at radius 2 is 2.00 bits per heavy atom. The highest BCUT2D eigenvalue weighted by atomic mass is 32.1. The first-order valence-corrected chi connectivity index (χ1v) is 8.37. The highest BCUT2D eigenvalue weighted by Gasteiger charge is 2.13. The van der Waals surface area contributed by atoms with Crippen molar-refractivity contribution in [3.8, 4) is 0 Å². The zero-order valence-electron chi connectivity index (χ0n) is 13.0. The predicted molar refractivity (Wildman–Crippen MR) is 91.9 cm³/mol. The molecule has 0 spiro atoms.